The van der Waals surface area contributed by atoms with E-state index in [0.29, 0.717) is 28.7 Å². The highest BCUT2D eigenvalue weighted by Gasteiger charge is 2.26. The maximum absolute atomic E-state index is 12.7. The molecule has 0 aromatic heterocycles. The van der Waals surface area contributed by atoms with Crippen LogP contribution in [0.5, 0.6) is 0 Å². The van der Waals surface area contributed by atoms with Crippen LogP contribution in [0, 0.1) is 11.3 Å². The first-order chi connectivity index (χ1) is 13.3. The Balaban J connectivity index is 3.15. The molecule has 2 amide bonds. The molecule has 1 rings (SSSR count). The van der Waals surface area contributed by atoms with Crippen molar-refractivity contribution < 1.29 is 19.1 Å². The molecular formula is C21H30BrN3O4. The van der Waals surface area contributed by atoms with Crippen LogP contribution in [0.4, 0.5) is 15.3 Å². The van der Waals surface area contributed by atoms with Crippen molar-refractivity contribution in [3.63, 3.8) is 0 Å². The van der Waals surface area contributed by atoms with E-state index in [0.717, 1.165) is 5.56 Å². The maximum Gasteiger partial charge on any atom is 0.414 e. The highest BCUT2D eigenvalue weighted by molar-refractivity contribution is 9.10. The molecule has 0 bridgehead atoms. The van der Waals surface area contributed by atoms with Gasteiger partial charge in [-0.1, -0.05) is 15.9 Å². The molecule has 160 valence electrons. The van der Waals surface area contributed by atoms with Gasteiger partial charge in [0.25, 0.3) is 0 Å². The van der Waals surface area contributed by atoms with Crippen molar-refractivity contribution >= 4 is 33.8 Å². The fraction of sp³-hybridized carbons (Fsp3) is 0.571. The number of halogens is 1. The number of anilines is 1. The van der Waals surface area contributed by atoms with Crippen molar-refractivity contribution in [1.82, 2.24) is 5.32 Å². The molecule has 0 aliphatic carbocycles. The van der Waals surface area contributed by atoms with E-state index < -0.39 is 23.4 Å². The van der Waals surface area contributed by atoms with E-state index in [1.165, 1.54) is 4.90 Å². The molecule has 1 aromatic carbocycles. The second-order valence-corrected chi connectivity index (χ2v) is 9.39. The normalized spacial score (nSPS) is 11.4. The first-order valence-electron chi connectivity index (χ1n) is 9.47. The summed E-state index contributed by atoms with van der Waals surface area (Å²) >= 11 is 3.41. The Labute approximate surface area is 181 Å². The lowest BCUT2D eigenvalue weighted by molar-refractivity contribution is 0.0525. The lowest BCUT2D eigenvalue weighted by Gasteiger charge is -2.29. The third-order valence-corrected chi connectivity index (χ3v) is 3.99. The predicted octanol–water partition coefficient (Wildman–Crippen LogP) is 5.15. The quantitative estimate of drug-likeness (QED) is 0.646. The minimum Gasteiger partial charge on any atom is -0.444 e. The molecule has 0 saturated carbocycles. The monoisotopic (exact) mass is 467 g/mol. The van der Waals surface area contributed by atoms with Crippen molar-refractivity contribution in [2.24, 2.45) is 0 Å². The van der Waals surface area contributed by atoms with Crippen LogP contribution < -0.4 is 10.2 Å². The van der Waals surface area contributed by atoms with Gasteiger partial charge in [-0.05, 0) is 72.6 Å². The van der Waals surface area contributed by atoms with Crippen LogP contribution in [0.3, 0.4) is 0 Å². The van der Waals surface area contributed by atoms with Crippen LogP contribution in [0.25, 0.3) is 0 Å². The Kier molecular flexibility index (Phi) is 8.51. The molecular weight excluding hydrogens is 438 g/mol. The fourth-order valence-corrected chi connectivity index (χ4v) is 3.06. The molecule has 0 fully saturated rings. The summed E-state index contributed by atoms with van der Waals surface area (Å²) in [6, 6.07) is 5.64. The Morgan fingerprint density at radius 1 is 1.14 bits per heavy atom. The lowest BCUT2D eigenvalue weighted by Crippen LogP contribution is -2.38. The number of hydrogen-bond donors (Lipinski definition) is 1. The molecule has 0 aliphatic rings. The number of nitrogens with zero attached hydrogens (tertiary/aromatic N) is 2. The Bertz CT molecular complexity index is 789. The van der Waals surface area contributed by atoms with E-state index in [-0.39, 0.29) is 6.54 Å². The predicted molar refractivity (Wildman–Crippen MR) is 116 cm³/mol. The number of amides is 2. The average Bonchev–Trinajstić information content (AvgIpc) is 2.53. The zero-order valence-corrected chi connectivity index (χ0v) is 19.8. The molecule has 29 heavy (non-hydrogen) atoms. The number of ether oxygens (including phenoxy) is 2. The molecule has 0 unspecified atom stereocenters. The topological polar surface area (TPSA) is 91.7 Å². The molecule has 0 aliphatic heterocycles. The lowest BCUT2D eigenvalue weighted by atomic mass is 10.0. The molecule has 0 radical (unpaired) electrons. The van der Waals surface area contributed by atoms with Crippen LogP contribution in [0.15, 0.2) is 16.6 Å². The van der Waals surface area contributed by atoms with Crippen LogP contribution in [-0.2, 0) is 15.9 Å². The summed E-state index contributed by atoms with van der Waals surface area (Å²) < 4.78 is 11.5. The summed E-state index contributed by atoms with van der Waals surface area (Å²) in [4.78, 5) is 26.1. The van der Waals surface area contributed by atoms with Gasteiger partial charge in [0, 0.05) is 17.6 Å². The van der Waals surface area contributed by atoms with Gasteiger partial charge in [-0.15, -0.1) is 0 Å². The zero-order chi connectivity index (χ0) is 22.4. The Hall–Kier alpha value is -2.27. The number of carbonyl (C=O) groups is 2. The molecule has 1 aromatic rings. The van der Waals surface area contributed by atoms with Crippen LogP contribution in [-0.4, -0.2) is 36.5 Å². The Morgan fingerprint density at radius 2 is 1.72 bits per heavy atom. The second-order valence-electron chi connectivity index (χ2n) is 8.48. The molecule has 0 heterocycles. The largest absolute Gasteiger partial charge is 0.444 e. The minimum absolute atomic E-state index is 0.287. The van der Waals surface area contributed by atoms with Crippen LogP contribution in [0.1, 0.15) is 59.6 Å². The van der Waals surface area contributed by atoms with Gasteiger partial charge in [-0.3, -0.25) is 4.90 Å². The second kappa shape index (κ2) is 9.97. The summed E-state index contributed by atoms with van der Waals surface area (Å²) in [7, 11) is 0. The van der Waals surface area contributed by atoms with Gasteiger partial charge in [0.1, 0.15) is 17.3 Å². The van der Waals surface area contributed by atoms with Crippen molar-refractivity contribution in [2.45, 2.75) is 66.1 Å². The van der Waals surface area contributed by atoms with E-state index in [4.69, 9.17) is 9.47 Å². The third kappa shape index (κ3) is 8.32. The van der Waals surface area contributed by atoms with Gasteiger partial charge < -0.3 is 14.8 Å². The van der Waals surface area contributed by atoms with Crippen molar-refractivity contribution in [1.29, 1.82) is 5.26 Å². The average molecular weight is 468 g/mol. The van der Waals surface area contributed by atoms with Gasteiger partial charge in [0.05, 0.1) is 11.3 Å². The molecule has 1 N–H and O–H groups in total. The van der Waals surface area contributed by atoms with Gasteiger partial charge in [-0.2, -0.15) is 5.26 Å². The fourth-order valence-electron chi connectivity index (χ4n) is 2.56. The molecule has 0 atom stereocenters. The van der Waals surface area contributed by atoms with Crippen molar-refractivity contribution in [3.8, 4) is 6.07 Å². The highest BCUT2D eigenvalue weighted by atomic mass is 79.9. The van der Waals surface area contributed by atoms with Crippen molar-refractivity contribution in [3.05, 3.63) is 27.7 Å². The number of alkyl carbamates (subject to hydrolysis) is 1. The smallest absolute Gasteiger partial charge is 0.414 e. The number of benzene rings is 1. The Morgan fingerprint density at radius 3 is 2.21 bits per heavy atom. The summed E-state index contributed by atoms with van der Waals surface area (Å²) in [5.74, 6) is 0. The first-order valence-corrected chi connectivity index (χ1v) is 10.3. The van der Waals surface area contributed by atoms with E-state index >= 15 is 0 Å². The highest BCUT2D eigenvalue weighted by Crippen LogP contribution is 2.31. The maximum atomic E-state index is 12.7. The first kappa shape index (κ1) is 24.8. The van der Waals surface area contributed by atoms with Gasteiger partial charge >= 0.3 is 12.2 Å². The molecule has 7 nitrogen and oxygen atoms in total. The van der Waals surface area contributed by atoms with Crippen LogP contribution in [0.2, 0.25) is 0 Å². The van der Waals surface area contributed by atoms with E-state index in [1.807, 2.05) is 13.0 Å². The van der Waals surface area contributed by atoms with Gasteiger partial charge in [-0.25, -0.2) is 9.59 Å². The van der Waals surface area contributed by atoms with E-state index in [2.05, 4.69) is 27.3 Å². The minimum atomic E-state index is -0.662. The number of carbonyl (C=O) groups excluding carboxylic acids is 2. The molecule has 8 heteroatoms. The summed E-state index contributed by atoms with van der Waals surface area (Å²) in [6.45, 7) is 13.2. The number of nitriles is 1. The van der Waals surface area contributed by atoms with Crippen molar-refractivity contribution in [2.75, 3.05) is 18.0 Å². The number of nitrogens with one attached hydrogen (secondary N) is 1. The summed E-state index contributed by atoms with van der Waals surface area (Å²) in [6.07, 6.45) is -0.642. The van der Waals surface area contributed by atoms with Gasteiger partial charge in [0.2, 0.25) is 0 Å². The zero-order valence-electron chi connectivity index (χ0n) is 18.2. The van der Waals surface area contributed by atoms with Gasteiger partial charge in [0.15, 0.2) is 0 Å². The standard InChI is InChI=1S/C21H30BrN3O4/c1-8-25(19(27)29-21(5,6)7)17-14(11-16(22)12-15(17)13-23)9-10-24-18(26)28-20(2,3)4/h11-12H,8-10H2,1-7H3,(H,24,26). The number of rotatable bonds is 5. The third-order valence-electron chi connectivity index (χ3n) is 3.54. The number of hydrogen-bond acceptors (Lipinski definition) is 5. The van der Waals surface area contributed by atoms with E-state index in [1.54, 1.807) is 47.6 Å². The molecule has 0 spiro atoms. The SMILES string of the molecule is CCN(C(=O)OC(C)(C)C)c1c(C#N)cc(Br)cc1CCNC(=O)OC(C)(C)C. The summed E-state index contributed by atoms with van der Waals surface area (Å²) in [5, 5.41) is 12.3. The van der Waals surface area contributed by atoms with E-state index in [9.17, 15) is 14.9 Å². The molecule has 0 saturated heterocycles. The van der Waals surface area contributed by atoms with Crippen LogP contribution >= 0.6 is 15.9 Å². The summed E-state index contributed by atoms with van der Waals surface area (Å²) in [5.41, 5.74) is 0.317.